The van der Waals surface area contributed by atoms with E-state index in [4.69, 9.17) is 9.47 Å². The van der Waals surface area contributed by atoms with Crippen LogP contribution >= 0.6 is 0 Å². The van der Waals surface area contributed by atoms with Gasteiger partial charge in [0.15, 0.2) is 0 Å². The smallest absolute Gasteiger partial charge is 0.255 e. The van der Waals surface area contributed by atoms with E-state index in [1.807, 2.05) is 24.3 Å². The van der Waals surface area contributed by atoms with Gasteiger partial charge in [-0.25, -0.2) is 0 Å². The zero-order valence-electron chi connectivity index (χ0n) is 16.9. The zero-order chi connectivity index (χ0) is 19.9. The first kappa shape index (κ1) is 20.2. The maximum atomic E-state index is 12.8. The normalized spacial score (nSPS) is 16.4. The Morgan fingerprint density at radius 3 is 2.32 bits per heavy atom. The number of nitrogens with zero attached hydrogens (tertiary/aromatic N) is 2. The summed E-state index contributed by atoms with van der Waals surface area (Å²) in [6.45, 7) is 4.52. The van der Waals surface area contributed by atoms with Crippen LogP contribution in [0.3, 0.4) is 0 Å². The van der Waals surface area contributed by atoms with Crippen LogP contribution in [-0.4, -0.2) is 69.7 Å². The van der Waals surface area contributed by atoms with Crippen molar-refractivity contribution in [2.75, 3.05) is 54.0 Å². The first-order chi connectivity index (χ1) is 13.6. The fraction of sp³-hybridized carbons (Fsp3) is 0.409. The van der Waals surface area contributed by atoms with Crippen LogP contribution in [-0.2, 0) is 0 Å². The van der Waals surface area contributed by atoms with E-state index in [1.54, 1.807) is 26.4 Å². The van der Waals surface area contributed by atoms with E-state index in [0.29, 0.717) is 17.9 Å². The predicted molar refractivity (Wildman–Crippen MR) is 110 cm³/mol. The van der Waals surface area contributed by atoms with Crippen LogP contribution < -0.4 is 14.8 Å². The summed E-state index contributed by atoms with van der Waals surface area (Å²) < 4.78 is 10.6. The van der Waals surface area contributed by atoms with Crippen molar-refractivity contribution < 1.29 is 14.3 Å². The first-order valence-corrected chi connectivity index (χ1v) is 9.60. The highest BCUT2D eigenvalue weighted by Crippen LogP contribution is 2.24. The highest BCUT2D eigenvalue weighted by molar-refractivity contribution is 5.96. The fourth-order valence-corrected chi connectivity index (χ4v) is 3.53. The van der Waals surface area contributed by atoms with Crippen molar-refractivity contribution in [2.24, 2.45) is 0 Å². The van der Waals surface area contributed by atoms with Crippen molar-refractivity contribution in [1.82, 2.24) is 15.1 Å². The third-order valence-corrected chi connectivity index (χ3v) is 5.29. The van der Waals surface area contributed by atoms with Gasteiger partial charge in [-0.15, -0.1) is 0 Å². The number of hydrogen-bond acceptors (Lipinski definition) is 5. The molecule has 1 aliphatic heterocycles. The van der Waals surface area contributed by atoms with Crippen LogP contribution in [0.4, 0.5) is 0 Å². The molecule has 3 rings (SSSR count). The summed E-state index contributed by atoms with van der Waals surface area (Å²) in [6, 6.07) is 15.5. The minimum Gasteiger partial charge on any atom is -0.497 e. The van der Waals surface area contributed by atoms with E-state index >= 15 is 0 Å². The van der Waals surface area contributed by atoms with Crippen LogP contribution in [0, 0.1) is 0 Å². The molecule has 0 spiro atoms. The van der Waals surface area contributed by atoms with Crippen LogP contribution in [0.5, 0.6) is 11.5 Å². The molecule has 1 aliphatic rings. The van der Waals surface area contributed by atoms with Crippen molar-refractivity contribution in [3.8, 4) is 11.5 Å². The number of likely N-dealkylation sites (N-methyl/N-ethyl adjacent to an activating group) is 1. The molecule has 0 radical (unpaired) electrons. The van der Waals surface area contributed by atoms with E-state index < -0.39 is 0 Å². The van der Waals surface area contributed by atoms with E-state index in [0.717, 1.165) is 31.9 Å². The molecule has 1 saturated heterocycles. The molecule has 6 heteroatoms. The van der Waals surface area contributed by atoms with Crippen molar-refractivity contribution in [2.45, 2.75) is 6.04 Å². The average molecular weight is 383 g/mol. The van der Waals surface area contributed by atoms with Gasteiger partial charge in [0.05, 0.1) is 25.8 Å². The van der Waals surface area contributed by atoms with Gasteiger partial charge >= 0.3 is 0 Å². The molecule has 0 aromatic heterocycles. The van der Waals surface area contributed by atoms with Gasteiger partial charge in [-0.3, -0.25) is 9.69 Å². The first-order valence-electron chi connectivity index (χ1n) is 9.60. The summed E-state index contributed by atoms with van der Waals surface area (Å²) in [7, 11) is 5.39. The summed E-state index contributed by atoms with van der Waals surface area (Å²) in [6.07, 6.45) is 0. The molecule has 28 heavy (non-hydrogen) atoms. The third-order valence-electron chi connectivity index (χ3n) is 5.29. The topological polar surface area (TPSA) is 54.0 Å². The molecule has 1 amide bonds. The Morgan fingerprint density at radius 2 is 1.68 bits per heavy atom. The Balaban J connectivity index is 1.75. The maximum Gasteiger partial charge on any atom is 0.255 e. The number of piperazine rings is 1. The number of benzene rings is 2. The summed E-state index contributed by atoms with van der Waals surface area (Å²) >= 11 is 0. The van der Waals surface area contributed by atoms with Crippen molar-refractivity contribution >= 4 is 5.91 Å². The van der Waals surface area contributed by atoms with Crippen molar-refractivity contribution in [1.29, 1.82) is 0 Å². The van der Waals surface area contributed by atoms with Gasteiger partial charge in [0.1, 0.15) is 11.5 Å². The Morgan fingerprint density at radius 1 is 1.00 bits per heavy atom. The molecule has 0 aliphatic carbocycles. The fourth-order valence-electron chi connectivity index (χ4n) is 3.53. The zero-order valence-corrected chi connectivity index (χ0v) is 16.9. The molecule has 150 valence electrons. The van der Waals surface area contributed by atoms with E-state index in [2.05, 4.69) is 34.3 Å². The number of rotatable bonds is 7. The molecule has 0 saturated carbocycles. The van der Waals surface area contributed by atoms with Gasteiger partial charge in [0, 0.05) is 32.7 Å². The number of amides is 1. The molecule has 1 N–H and O–H groups in total. The van der Waals surface area contributed by atoms with Gasteiger partial charge in [-0.2, -0.15) is 0 Å². The Kier molecular flexibility index (Phi) is 6.90. The maximum absolute atomic E-state index is 12.8. The predicted octanol–water partition coefficient (Wildman–Crippen LogP) is 2.42. The minimum atomic E-state index is -0.120. The monoisotopic (exact) mass is 383 g/mol. The Bertz CT molecular complexity index is 771. The Labute approximate surface area is 167 Å². The van der Waals surface area contributed by atoms with Crippen molar-refractivity contribution in [3.05, 3.63) is 59.7 Å². The largest absolute Gasteiger partial charge is 0.497 e. The van der Waals surface area contributed by atoms with Gasteiger partial charge in [-0.1, -0.05) is 24.3 Å². The lowest BCUT2D eigenvalue weighted by atomic mass is 10.0. The molecular formula is C22H29N3O3. The highest BCUT2D eigenvalue weighted by atomic mass is 16.5. The molecular weight excluding hydrogens is 354 g/mol. The van der Waals surface area contributed by atoms with Gasteiger partial charge in [0.25, 0.3) is 5.91 Å². The number of para-hydroxylation sites is 1. The molecule has 1 heterocycles. The second kappa shape index (κ2) is 9.57. The van der Waals surface area contributed by atoms with Crippen molar-refractivity contribution in [3.63, 3.8) is 0 Å². The number of nitrogens with one attached hydrogen (secondary N) is 1. The third kappa shape index (κ3) is 4.82. The minimum absolute atomic E-state index is 0.110. The lowest BCUT2D eigenvalue weighted by Gasteiger charge is -2.38. The summed E-state index contributed by atoms with van der Waals surface area (Å²) in [5.41, 5.74) is 1.72. The van der Waals surface area contributed by atoms with Crippen LogP contribution in [0.2, 0.25) is 0 Å². The Hall–Kier alpha value is -2.57. The van der Waals surface area contributed by atoms with Gasteiger partial charge < -0.3 is 19.7 Å². The van der Waals surface area contributed by atoms with Gasteiger partial charge in [0.2, 0.25) is 0 Å². The molecule has 0 bridgehead atoms. The molecule has 2 aromatic carbocycles. The second-order valence-corrected chi connectivity index (χ2v) is 7.04. The molecule has 2 aromatic rings. The highest BCUT2D eigenvalue weighted by Gasteiger charge is 2.25. The number of carbonyl (C=O) groups excluding carboxylic acids is 1. The molecule has 1 fully saturated rings. The number of methoxy groups -OCH3 is 2. The van der Waals surface area contributed by atoms with E-state index in [9.17, 15) is 4.79 Å². The standard InChI is InChI=1S/C22H29N3O3/c1-24-12-14-25(15-13-24)20(17-8-10-18(27-2)11-9-17)16-23-22(26)19-6-4-5-7-21(19)28-3/h4-11,20H,12-16H2,1-3H3,(H,23,26). The lowest BCUT2D eigenvalue weighted by Crippen LogP contribution is -2.48. The average Bonchev–Trinajstić information content (AvgIpc) is 2.75. The molecule has 1 atom stereocenters. The van der Waals surface area contributed by atoms with Crippen LogP contribution in [0.25, 0.3) is 0 Å². The van der Waals surface area contributed by atoms with Gasteiger partial charge in [-0.05, 0) is 36.9 Å². The summed E-state index contributed by atoms with van der Waals surface area (Å²) in [5, 5.41) is 3.10. The van der Waals surface area contributed by atoms with E-state index in [1.165, 1.54) is 5.56 Å². The SMILES string of the molecule is COc1ccc(C(CNC(=O)c2ccccc2OC)N2CCN(C)CC2)cc1. The lowest BCUT2D eigenvalue weighted by molar-refractivity contribution is 0.0883. The number of hydrogen-bond donors (Lipinski definition) is 1. The summed E-state index contributed by atoms with van der Waals surface area (Å²) in [5.74, 6) is 1.30. The molecule has 6 nitrogen and oxygen atoms in total. The van der Waals surface area contributed by atoms with Crippen LogP contribution in [0.15, 0.2) is 48.5 Å². The quantitative estimate of drug-likeness (QED) is 0.796. The summed E-state index contributed by atoms with van der Waals surface area (Å²) in [4.78, 5) is 17.5. The number of ether oxygens (including phenoxy) is 2. The molecule has 1 unspecified atom stereocenters. The number of carbonyl (C=O) groups is 1. The van der Waals surface area contributed by atoms with Crippen LogP contribution in [0.1, 0.15) is 22.0 Å². The second-order valence-electron chi connectivity index (χ2n) is 7.04. The van der Waals surface area contributed by atoms with E-state index in [-0.39, 0.29) is 11.9 Å².